The van der Waals surface area contributed by atoms with E-state index in [4.69, 9.17) is 11.6 Å². The van der Waals surface area contributed by atoms with E-state index < -0.39 is 0 Å². The summed E-state index contributed by atoms with van der Waals surface area (Å²) in [6.45, 7) is 1.43. The zero-order chi connectivity index (χ0) is 17.5. The van der Waals surface area contributed by atoms with Crippen molar-refractivity contribution in [3.63, 3.8) is 0 Å². The van der Waals surface area contributed by atoms with Gasteiger partial charge in [0.1, 0.15) is 5.82 Å². The van der Waals surface area contributed by atoms with Crippen LogP contribution in [0.25, 0.3) is 5.65 Å². The molecule has 0 bridgehead atoms. The smallest absolute Gasteiger partial charge is 0.191 e. The molecule has 0 radical (unpaired) electrons. The molecule has 0 saturated heterocycles. The number of aliphatic imine (C=N–C) groups is 1. The molecule has 6 nitrogen and oxygen atoms in total. The van der Waals surface area contributed by atoms with Crippen LogP contribution in [0.15, 0.2) is 53.7 Å². The lowest BCUT2D eigenvalue weighted by molar-refractivity contribution is 0.714. The molecule has 3 aromatic rings. The number of nitrogens with one attached hydrogen (secondary N) is 2. The molecule has 138 valence electrons. The molecule has 8 heteroatoms. The zero-order valence-corrected chi connectivity index (χ0v) is 17.6. The van der Waals surface area contributed by atoms with Crippen molar-refractivity contribution in [2.45, 2.75) is 19.4 Å². The molecule has 0 saturated carbocycles. The molecule has 0 aliphatic carbocycles. The summed E-state index contributed by atoms with van der Waals surface area (Å²) in [5.41, 5.74) is 1.92. The summed E-state index contributed by atoms with van der Waals surface area (Å²) in [5, 5.41) is 15.7. The lowest BCUT2D eigenvalue weighted by Gasteiger charge is -2.12. The maximum absolute atomic E-state index is 6.17. The Bertz CT molecular complexity index is 864. The van der Waals surface area contributed by atoms with E-state index in [0.717, 1.165) is 47.4 Å². The van der Waals surface area contributed by atoms with Gasteiger partial charge in [-0.3, -0.25) is 9.39 Å². The minimum absolute atomic E-state index is 0. The summed E-state index contributed by atoms with van der Waals surface area (Å²) in [5.74, 6) is 1.72. The predicted molar refractivity (Wildman–Crippen MR) is 116 cm³/mol. The van der Waals surface area contributed by atoms with E-state index in [0.29, 0.717) is 6.54 Å². The molecule has 2 aromatic heterocycles. The zero-order valence-electron chi connectivity index (χ0n) is 14.5. The van der Waals surface area contributed by atoms with E-state index in [2.05, 4.69) is 25.8 Å². The molecule has 0 atom stereocenters. The van der Waals surface area contributed by atoms with Gasteiger partial charge >= 0.3 is 0 Å². The molecule has 2 N–H and O–H groups in total. The molecule has 3 rings (SSSR count). The highest BCUT2D eigenvalue weighted by molar-refractivity contribution is 14.0. The second kappa shape index (κ2) is 10.3. The Morgan fingerprint density at radius 3 is 2.73 bits per heavy atom. The highest BCUT2D eigenvalue weighted by Crippen LogP contribution is 2.14. The number of benzene rings is 1. The van der Waals surface area contributed by atoms with Crippen molar-refractivity contribution < 1.29 is 0 Å². The molecular weight excluding hydrogens is 463 g/mol. The lowest BCUT2D eigenvalue weighted by atomic mass is 10.2. The Kier molecular flexibility index (Phi) is 8.11. The highest BCUT2D eigenvalue weighted by Gasteiger charge is 2.05. The maximum Gasteiger partial charge on any atom is 0.191 e. The lowest BCUT2D eigenvalue weighted by Crippen LogP contribution is -2.37. The first-order valence-electron chi connectivity index (χ1n) is 8.24. The van der Waals surface area contributed by atoms with Crippen LogP contribution >= 0.6 is 35.6 Å². The maximum atomic E-state index is 6.17. The molecule has 0 fully saturated rings. The first-order chi connectivity index (χ1) is 12.3. The average Bonchev–Trinajstić information content (AvgIpc) is 3.05. The Morgan fingerprint density at radius 1 is 1.12 bits per heavy atom. The van der Waals surface area contributed by atoms with Gasteiger partial charge in [0.15, 0.2) is 11.6 Å². The molecule has 0 unspecified atom stereocenters. The van der Waals surface area contributed by atoms with E-state index in [1.807, 2.05) is 53.1 Å². The topological polar surface area (TPSA) is 66.6 Å². The Morgan fingerprint density at radius 2 is 1.92 bits per heavy atom. The van der Waals surface area contributed by atoms with Crippen molar-refractivity contribution in [2.75, 3.05) is 13.6 Å². The van der Waals surface area contributed by atoms with Crippen molar-refractivity contribution in [1.29, 1.82) is 0 Å². The van der Waals surface area contributed by atoms with Gasteiger partial charge in [0, 0.05) is 37.8 Å². The van der Waals surface area contributed by atoms with E-state index >= 15 is 0 Å². The van der Waals surface area contributed by atoms with Gasteiger partial charge in [-0.25, -0.2) is 0 Å². The number of rotatable bonds is 6. The molecule has 0 aliphatic heterocycles. The molecular formula is C18H22ClIN6. The van der Waals surface area contributed by atoms with Crippen molar-refractivity contribution in [3.8, 4) is 0 Å². The van der Waals surface area contributed by atoms with Gasteiger partial charge < -0.3 is 10.6 Å². The Balaban J connectivity index is 0.00000243. The molecule has 2 heterocycles. The van der Waals surface area contributed by atoms with Crippen LogP contribution in [0.4, 0.5) is 0 Å². The summed E-state index contributed by atoms with van der Waals surface area (Å²) < 4.78 is 2.02. The van der Waals surface area contributed by atoms with Crippen molar-refractivity contribution in [1.82, 2.24) is 25.2 Å². The first-order valence-corrected chi connectivity index (χ1v) is 8.62. The SMILES string of the molecule is CN=C(NCCCc1nnc2ccccn12)NCc1ccccc1Cl.I. The van der Waals surface area contributed by atoms with Crippen LogP contribution in [0.2, 0.25) is 5.02 Å². The highest BCUT2D eigenvalue weighted by atomic mass is 127. The third-order valence-electron chi connectivity index (χ3n) is 3.88. The van der Waals surface area contributed by atoms with Crippen LogP contribution in [-0.4, -0.2) is 34.2 Å². The molecule has 0 spiro atoms. The van der Waals surface area contributed by atoms with Crippen molar-refractivity contribution >= 4 is 47.2 Å². The summed E-state index contributed by atoms with van der Waals surface area (Å²) in [6, 6.07) is 13.7. The van der Waals surface area contributed by atoms with Crippen LogP contribution in [0.5, 0.6) is 0 Å². The third-order valence-corrected chi connectivity index (χ3v) is 4.25. The second-order valence-electron chi connectivity index (χ2n) is 5.59. The third kappa shape index (κ3) is 5.31. The number of pyridine rings is 1. The number of nitrogens with zero attached hydrogens (tertiary/aromatic N) is 4. The van der Waals surface area contributed by atoms with Gasteiger partial charge in [-0.2, -0.15) is 0 Å². The molecule has 26 heavy (non-hydrogen) atoms. The van der Waals surface area contributed by atoms with Crippen LogP contribution in [0, 0.1) is 0 Å². The molecule has 0 amide bonds. The van der Waals surface area contributed by atoms with E-state index in [1.165, 1.54) is 0 Å². The van der Waals surface area contributed by atoms with Crippen molar-refractivity contribution in [2.24, 2.45) is 4.99 Å². The molecule has 1 aromatic carbocycles. The van der Waals surface area contributed by atoms with Crippen LogP contribution < -0.4 is 10.6 Å². The van der Waals surface area contributed by atoms with Gasteiger partial charge in [0.05, 0.1) is 0 Å². The fourth-order valence-electron chi connectivity index (χ4n) is 2.56. The molecule has 0 aliphatic rings. The minimum atomic E-state index is 0. The standard InChI is InChI=1S/C18H21ClN6.HI/c1-20-18(22-13-14-7-2-3-8-15(14)19)21-11-6-10-17-24-23-16-9-4-5-12-25(16)17;/h2-5,7-9,12H,6,10-11,13H2,1H3,(H2,20,21,22);1H. The Hall–Kier alpha value is -1.87. The Labute approximate surface area is 175 Å². The van der Waals surface area contributed by atoms with Crippen LogP contribution in [-0.2, 0) is 13.0 Å². The number of hydrogen-bond donors (Lipinski definition) is 2. The number of aromatic nitrogens is 3. The van der Waals surface area contributed by atoms with E-state index in [-0.39, 0.29) is 24.0 Å². The van der Waals surface area contributed by atoms with Crippen LogP contribution in [0.3, 0.4) is 0 Å². The van der Waals surface area contributed by atoms with Gasteiger partial charge in [0.2, 0.25) is 0 Å². The van der Waals surface area contributed by atoms with Gasteiger partial charge in [0.25, 0.3) is 0 Å². The van der Waals surface area contributed by atoms with Crippen molar-refractivity contribution in [3.05, 3.63) is 65.1 Å². The summed E-state index contributed by atoms with van der Waals surface area (Å²) in [6.07, 6.45) is 3.77. The van der Waals surface area contributed by atoms with Gasteiger partial charge in [-0.15, -0.1) is 34.2 Å². The first kappa shape index (κ1) is 20.4. The fraction of sp³-hybridized carbons (Fsp3) is 0.278. The minimum Gasteiger partial charge on any atom is -0.356 e. The van der Waals surface area contributed by atoms with Gasteiger partial charge in [-0.05, 0) is 30.2 Å². The average molecular weight is 485 g/mol. The fourth-order valence-corrected chi connectivity index (χ4v) is 2.76. The predicted octanol–water partition coefficient (Wildman–Crippen LogP) is 3.30. The van der Waals surface area contributed by atoms with Gasteiger partial charge in [-0.1, -0.05) is 35.9 Å². The number of halogens is 2. The quantitative estimate of drug-likeness (QED) is 0.244. The number of guanidine groups is 1. The number of fused-ring (bicyclic) bond motifs is 1. The largest absolute Gasteiger partial charge is 0.356 e. The normalized spacial score (nSPS) is 11.2. The van der Waals surface area contributed by atoms with E-state index in [1.54, 1.807) is 7.05 Å². The monoisotopic (exact) mass is 484 g/mol. The van der Waals surface area contributed by atoms with Crippen LogP contribution in [0.1, 0.15) is 17.8 Å². The van der Waals surface area contributed by atoms with E-state index in [9.17, 15) is 0 Å². The summed E-state index contributed by atoms with van der Waals surface area (Å²) in [7, 11) is 1.76. The number of hydrogen-bond acceptors (Lipinski definition) is 3. The summed E-state index contributed by atoms with van der Waals surface area (Å²) in [4.78, 5) is 4.24. The summed E-state index contributed by atoms with van der Waals surface area (Å²) >= 11 is 6.17. The second-order valence-corrected chi connectivity index (χ2v) is 6.00. The number of aryl methyl sites for hydroxylation is 1.